The van der Waals surface area contributed by atoms with Gasteiger partial charge in [-0.05, 0) is 55.2 Å². The fourth-order valence-corrected chi connectivity index (χ4v) is 2.82. The topological polar surface area (TPSA) is 62.7 Å². The lowest BCUT2D eigenvalue weighted by Crippen LogP contribution is -2.00. The van der Waals surface area contributed by atoms with Crippen LogP contribution >= 0.6 is 0 Å². The number of nitrogens with zero attached hydrogens (tertiary/aromatic N) is 2. The Morgan fingerprint density at radius 3 is 2.29 bits per heavy atom. The molecule has 0 aliphatic heterocycles. The number of benzene rings is 2. The molecule has 2 N–H and O–H groups in total. The number of nitrogens with two attached hydrogens (primary N) is 1. The minimum atomic E-state index is 0.270. The van der Waals surface area contributed by atoms with Gasteiger partial charge in [0.1, 0.15) is 17.5 Å². The first-order valence-corrected chi connectivity index (χ1v) is 7.85. The van der Waals surface area contributed by atoms with Crippen molar-refractivity contribution in [2.24, 2.45) is 0 Å². The van der Waals surface area contributed by atoms with E-state index in [-0.39, 0.29) is 5.82 Å². The van der Waals surface area contributed by atoms with Crippen LogP contribution in [0.3, 0.4) is 0 Å². The van der Waals surface area contributed by atoms with Crippen LogP contribution in [0.15, 0.2) is 48.5 Å². The van der Waals surface area contributed by atoms with Gasteiger partial charge in [0, 0.05) is 11.1 Å². The van der Waals surface area contributed by atoms with Gasteiger partial charge in [0.25, 0.3) is 0 Å². The minimum absolute atomic E-state index is 0.270. The maximum absolute atomic E-state index is 9.52. The molecule has 0 aliphatic rings. The average molecular weight is 313 g/mol. The molecule has 24 heavy (non-hydrogen) atoms. The Kier molecular flexibility index (Phi) is 4.05. The van der Waals surface area contributed by atoms with Crippen LogP contribution in [0.25, 0.3) is 22.4 Å². The van der Waals surface area contributed by atoms with Gasteiger partial charge in [0.15, 0.2) is 0 Å². The van der Waals surface area contributed by atoms with Crippen molar-refractivity contribution in [2.75, 3.05) is 5.73 Å². The highest BCUT2D eigenvalue weighted by Gasteiger charge is 2.14. The number of anilines is 1. The molecule has 0 spiro atoms. The number of hydrogen-bond donors (Lipinski definition) is 1. The van der Waals surface area contributed by atoms with Crippen molar-refractivity contribution in [2.45, 2.75) is 20.8 Å². The molecule has 0 saturated carbocycles. The highest BCUT2D eigenvalue weighted by atomic mass is 14.8. The van der Waals surface area contributed by atoms with E-state index in [1.54, 1.807) is 0 Å². The van der Waals surface area contributed by atoms with Gasteiger partial charge < -0.3 is 5.73 Å². The zero-order chi connectivity index (χ0) is 17.3. The van der Waals surface area contributed by atoms with E-state index in [4.69, 9.17) is 5.73 Å². The summed E-state index contributed by atoms with van der Waals surface area (Å²) in [7, 11) is 0. The van der Waals surface area contributed by atoms with Crippen LogP contribution in [-0.4, -0.2) is 4.98 Å². The quantitative estimate of drug-likeness (QED) is 0.739. The molecule has 0 atom stereocenters. The predicted molar refractivity (Wildman–Crippen MR) is 98.4 cm³/mol. The molecule has 3 rings (SSSR count). The van der Waals surface area contributed by atoms with Crippen molar-refractivity contribution in [3.63, 3.8) is 0 Å². The summed E-state index contributed by atoms with van der Waals surface area (Å²) in [6.07, 6.45) is 0. The highest BCUT2D eigenvalue weighted by molar-refractivity contribution is 5.81. The Morgan fingerprint density at radius 1 is 0.875 bits per heavy atom. The van der Waals surface area contributed by atoms with Gasteiger partial charge in [-0.1, -0.05) is 36.4 Å². The van der Waals surface area contributed by atoms with E-state index in [0.29, 0.717) is 5.56 Å². The SMILES string of the molecule is Cc1ccc(-c2cc(-c3ccccc3C)c(C#N)c(N)n2)cc1C. The number of hydrogen-bond acceptors (Lipinski definition) is 3. The second kappa shape index (κ2) is 6.17. The van der Waals surface area contributed by atoms with Crippen LogP contribution < -0.4 is 5.73 Å². The summed E-state index contributed by atoms with van der Waals surface area (Å²) >= 11 is 0. The van der Waals surface area contributed by atoms with Gasteiger partial charge in [-0.3, -0.25) is 0 Å². The minimum Gasteiger partial charge on any atom is -0.383 e. The number of nitriles is 1. The Labute approximate surface area is 142 Å². The molecule has 0 bridgehead atoms. The van der Waals surface area contributed by atoms with Crippen molar-refractivity contribution in [3.05, 3.63) is 70.8 Å². The third-order valence-corrected chi connectivity index (χ3v) is 4.40. The maximum atomic E-state index is 9.52. The summed E-state index contributed by atoms with van der Waals surface area (Å²) in [5, 5.41) is 9.52. The summed E-state index contributed by atoms with van der Waals surface area (Å²) in [5.41, 5.74) is 13.7. The lowest BCUT2D eigenvalue weighted by atomic mass is 9.94. The first-order chi connectivity index (χ1) is 11.5. The van der Waals surface area contributed by atoms with Gasteiger partial charge in [-0.15, -0.1) is 0 Å². The first kappa shape index (κ1) is 15.8. The standard InChI is InChI=1S/C21H19N3/c1-13-8-9-16(10-15(13)3)20-11-18(19(12-22)21(23)24-20)17-7-5-4-6-14(17)2/h4-11H,1-3H3,(H2,23,24). The summed E-state index contributed by atoms with van der Waals surface area (Å²) in [5.74, 6) is 0.270. The zero-order valence-corrected chi connectivity index (χ0v) is 14.1. The molecule has 1 heterocycles. The summed E-state index contributed by atoms with van der Waals surface area (Å²) in [4.78, 5) is 4.46. The van der Waals surface area contributed by atoms with Crippen LogP contribution in [0, 0.1) is 32.1 Å². The fourth-order valence-electron chi connectivity index (χ4n) is 2.82. The first-order valence-electron chi connectivity index (χ1n) is 7.85. The van der Waals surface area contributed by atoms with Crippen molar-refractivity contribution in [1.82, 2.24) is 4.98 Å². The molecule has 118 valence electrons. The van der Waals surface area contributed by atoms with Crippen LogP contribution in [0.1, 0.15) is 22.3 Å². The fraction of sp³-hybridized carbons (Fsp3) is 0.143. The van der Waals surface area contributed by atoms with E-state index in [9.17, 15) is 5.26 Å². The van der Waals surface area contributed by atoms with Gasteiger partial charge in [0.2, 0.25) is 0 Å². The molecular weight excluding hydrogens is 294 g/mol. The molecule has 0 unspecified atom stereocenters. The Bertz CT molecular complexity index is 965. The highest BCUT2D eigenvalue weighted by Crippen LogP contribution is 2.33. The second-order valence-corrected chi connectivity index (χ2v) is 6.04. The molecule has 3 heteroatoms. The number of aryl methyl sites for hydroxylation is 3. The number of aromatic nitrogens is 1. The average Bonchev–Trinajstić information content (AvgIpc) is 2.57. The van der Waals surface area contributed by atoms with E-state index < -0.39 is 0 Å². The molecule has 0 fully saturated rings. The summed E-state index contributed by atoms with van der Waals surface area (Å²) in [6.45, 7) is 6.19. The van der Waals surface area contributed by atoms with Gasteiger partial charge in [-0.25, -0.2) is 4.98 Å². The van der Waals surface area contributed by atoms with Crippen molar-refractivity contribution < 1.29 is 0 Å². The second-order valence-electron chi connectivity index (χ2n) is 6.04. The largest absolute Gasteiger partial charge is 0.383 e. The summed E-state index contributed by atoms with van der Waals surface area (Å²) < 4.78 is 0. The van der Waals surface area contributed by atoms with Crippen molar-refractivity contribution >= 4 is 5.82 Å². The third kappa shape index (κ3) is 2.75. The van der Waals surface area contributed by atoms with Crippen molar-refractivity contribution in [3.8, 4) is 28.5 Å². The predicted octanol–water partition coefficient (Wildman–Crippen LogP) is 4.79. The number of nitrogen functional groups attached to an aromatic ring is 1. The lowest BCUT2D eigenvalue weighted by Gasteiger charge is -2.13. The zero-order valence-electron chi connectivity index (χ0n) is 14.1. The van der Waals surface area contributed by atoms with E-state index in [0.717, 1.165) is 27.9 Å². The van der Waals surface area contributed by atoms with E-state index in [2.05, 4.69) is 37.0 Å². The smallest absolute Gasteiger partial charge is 0.142 e. The molecule has 2 aromatic carbocycles. The van der Waals surface area contributed by atoms with Crippen LogP contribution in [0.2, 0.25) is 0 Å². The third-order valence-electron chi connectivity index (χ3n) is 4.40. The van der Waals surface area contributed by atoms with Gasteiger partial charge >= 0.3 is 0 Å². The normalized spacial score (nSPS) is 10.4. The number of rotatable bonds is 2. The lowest BCUT2D eigenvalue weighted by molar-refractivity contribution is 1.28. The van der Waals surface area contributed by atoms with Gasteiger partial charge in [0.05, 0.1) is 5.69 Å². The molecule has 3 nitrogen and oxygen atoms in total. The molecule has 0 radical (unpaired) electrons. The Hall–Kier alpha value is -3.12. The molecule has 0 saturated heterocycles. The maximum Gasteiger partial charge on any atom is 0.142 e. The van der Waals surface area contributed by atoms with Gasteiger partial charge in [-0.2, -0.15) is 5.26 Å². The monoisotopic (exact) mass is 313 g/mol. The molecule has 3 aromatic rings. The van der Waals surface area contributed by atoms with E-state index >= 15 is 0 Å². The molecule has 0 aliphatic carbocycles. The Balaban J connectivity index is 2.26. The van der Waals surface area contributed by atoms with E-state index in [1.165, 1.54) is 11.1 Å². The van der Waals surface area contributed by atoms with Crippen LogP contribution in [-0.2, 0) is 0 Å². The Morgan fingerprint density at radius 2 is 1.62 bits per heavy atom. The van der Waals surface area contributed by atoms with Crippen molar-refractivity contribution in [1.29, 1.82) is 5.26 Å². The molecule has 0 amide bonds. The van der Waals surface area contributed by atoms with Crippen LogP contribution in [0.5, 0.6) is 0 Å². The number of pyridine rings is 1. The molecule has 1 aromatic heterocycles. The van der Waals surface area contributed by atoms with Crippen LogP contribution in [0.4, 0.5) is 5.82 Å². The summed E-state index contributed by atoms with van der Waals surface area (Å²) in [6, 6.07) is 18.4. The molecular formula is C21H19N3. The van der Waals surface area contributed by atoms with E-state index in [1.807, 2.05) is 43.3 Å².